The Balaban J connectivity index is 1.88. The Kier molecular flexibility index (Phi) is 4.77. The maximum absolute atomic E-state index is 12.6. The molecule has 0 amide bonds. The minimum Gasteiger partial charge on any atom is -0.495 e. The fourth-order valence-electron chi connectivity index (χ4n) is 2.25. The van der Waals surface area contributed by atoms with Gasteiger partial charge in [0.05, 0.1) is 22.7 Å². The highest BCUT2D eigenvalue weighted by molar-refractivity contribution is 7.94. The van der Waals surface area contributed by atoms with Crippen LogP contribution < -0.4 is 9.46 Å². The van der Waals surface area contributed by atoms with Gasteiger partial charge in [-0.05, 0) is 49.7 Å². The molecule has 0 aliphatic heterocycles. The van der Waals surface area contributed by atoms with E-state index in [4.69, 9.17) is 16.3 Å². The Morgan fingerprint density at radius 3 is 2.60 bits per heavy atom. The van der Waals surface area contributed by atoms with E-state index in [1.54, 1.807) is 24.3 Å². The molecule has 132 valence electrons. The summed E-state index contributed by atoms with van der Waals surface area (Å²) >= 11 is 7.20. The summed E-state index contributed by atoms with van der Waals surface area (Å²) in [6, 6.07) is 8.03. The predicted octanol–water partition coefficient (Wildman–Crippen LogP) is 4.22. The smallest absolute Gasteiger partial charge is 0.271 e. The molecule has 3 rings (SSSR count). The Morgan fingerprint density at radius 1 is 1.24 bits per heavy atom. The second-order valence-electron chi connectivity index (χ2n) is 5.40. The van der Waals surface area contributed by atoms with Crippen LogP contribution in [0.1, 0.15) is 11.3 Å². The highest BCUT2D eigenvalue weighted by Gasteiger charge is 2.20. The molecule has 3 aromatic rings. The summed E-state index contributed by atoms with van der Waals surface area (Å²) in [6.45, 7) is 3.87. The van der Waals surface area contributed by atoms with Gasteiger partial charge in [0.15, 0.2) is 0 Å². The number of ether oxygens (including phenoxy) is 1. The molecule has 0 saturated carbocycles. The number of hydrogen-bond donors (Lipinski definition) is 2. The van der Waals surface area contributed by atoms with E-state index in [0.717, 1.165) is 33.2 Å². The van der Waals surface area contributed by atoms with Crippen molar-refractivity contribution in [1.29, 1.82) is 0 Å². The van der Waals surface area contributed by atoms with Gasteiger partial charge in [-0.25, -0.2) is 8.42 Å². The molecule has 25 heavy (non-hydrogen) atoms. The number of aryl methyl sites for hydroxylation is 1. The lowest BCUT2D eigenvalue weighted by molar-refractivity contribution is 0.415. The normalized spacial score (nSPS) is 11.5. The molecule has 0 aliphatic rings. The molecule has 0 radical (unpaired) electrons. The summed E-state index contributed by atoms with van der Waals surface area (Å²) in [4.78, 5) is 0.787. The van der Waals surface area contributed by atoms with Gasteiger partial charge in [0, 0.05) is 5.69 Å². The van der Waals surface area contributed by atoms with Crippen LogP contribution in [-0.2, 0) is 10.0 Å². The van der Waals surface area contributed by atoms with Crippen molar-refractivity contribution < 1.29 is 13.2 Å². The maximum atomic E-state index is 12.6. The first-order chi connectivity index (χ1) is 11.8. The lowest BCUT2D eigenvalue weighted by atomic mass is 10.2. The number of anilines is 1. The highest BCUT2D eigenvalue weighted by atomic mass is 35.5. The van der Waals surface area contributed by atoms with Crippen LogP contribution in [-0.4, -0.2) is 25.7 Å². The first kappa shape index (κ1) is 17.8. The zero-order chi connectivity index (χ0) is 18.2. The molecule has 2 heterocycles. The molecule has 0 aliphatic carbocycles. The number of hydrogen-bond acceptors (Lipinski definition) is 5. The van der Waals surface area contributed by atoms with Gasteiger partial charge >= 0.3 is 0 Å². The summed E-state index contributed by atoms with van der Waals surface area (Å²) in [5, 5.41) is 7.47. The van der Waals surface area contributed by atoms with E-state index in [1.807, 2.05) is 13.8 Å². The van der Waals surface area contributed by atoms with Gasteiger partial charge in [0.2, 0.25) is 0 Å². The predicted molar refractivity (Wildman–Crippen MR) is 100 cm³/mol. The van der Waals surface area contributed by atoms with E-state index in [1.165, 1.54) is 13.2 Å². The van der Waals surface area contributed by atoms with Crippen LogP contribution in [0.25, 0.3) is 10.6 Å². The monoisotopic (exact) mass is 397 g/mol. The summed E-state index contributed by atoms with van der Waals surface area (Å²) in [6.07, 6.45) is 0. The number of halogens is 1. The molecular weight excluding hydrogens is 382 g/mol. The molecule has 2 aromatic heterocycles. The molecule has 0 spiro atoms. The topological polar surface area (TPSA) is 84.1 Å². The number of nitrogens with one attached hydrogen (secondary N) is 2. The van der Waals surface area contributed by atoms with Crippen LogP contribution >= 0.6 is 22.9 Å². The van der Waals surface area contributed by atoms with Gasteiger partial charge in [-0.2, -0.15) is 5.10 Å². The van der Waals surface area contributed by atoms with E-state index in [9.17, 15) is 8.42 Å². The lowest BCUT2D eigenvalue weighted by Gasteiger charge is -2.08. The molecule has 6 nitrogen and oxygen atoms in total. The third-order valence-corrected chi connectivity index (χ3v) is 7.00. The second-order valence-corrected chi connectivity index (χ2v) is 8.80. The van der Waals surface area contributed by atoms with Crippen molar-refractivity contribution in [3.05, 3.63) is 46.6 Å². The van der Waals surface area contributed by atoms with E-state index in [2.05, 4.69) is 14.9 Å². The van der Waals surface area contributed by atoms with Crippen molar-refractivity contribution >= 4 is 38.6 Å². The Hall–Kier alpha value is -2.03. The van der Waals surface area contributed by atoms with Crippen LogP contribution in [0.3, 0.4) is 0 Å². The SMILES string of the molecule is COc1ccc(NS(=O)(=O)c2ccc(-c3n[nH]c(C)c3C)s2)cc1Cl. The minimum absolute atomic E-state index is 0.203. The summed E-state index contributed by atoms with van der Waals surface area (Å²) in [5.74, 6) is 0.479. The zero-order valence-electron chi connectivity index (χ0n) is 13.8. The number of thiophene rings is 1. The number of sulfonamides is 1. The molecule has 0 bridgehead atoms. The third kappa shape index (κ3) is 3.51. The average Bonchev–Trinajstić information content (AvgIpc) is 3.16. The van der Waals surface area contributed by atoms with Gasteiger partial charge in [-0.3, -0.25) is 9.82 Å². The molecule has 1 aromatic carbocycles. The number of methoxy groups -OCH3 is 1. The number of benzene rings is 1. The Labute approximate surface area is 154 Å². The molecule has 0 unspecified atom stereocenters. The van der Waals surface area contributed by atoms with Gasteiger partial charge in [-0.1, -0.05) is 11.6 Å². The molecule has 0 atom stereocenters. The number of aromatic nitrogens is 2. The molecular formula is C16H16ClN3O3S2. The number of aromatic amines is 1. The van der Waals surface area contributed by atoms with Crippen LogP contribution in [0.15, 0.2) is 34.5 Å². The molecule has 9 heteroatoms. The van der Waals surface area contributed by atoms with Gasteiger partial charge < -0.3 is 4.74 Å². The Morgan fingerprint density at radius 2 is 2.00 bits per heavy atom. The van der Waals surface area contributed by atoms with Crippen molar-refractivity contribution in [2.24, 2.45) is 0 Å². The van der Waals surface area contributed by atoms with Gasteiger partial charge in [0.1, 0.15) is 15.7 Å². The van der Waals surface area contributed by atoms with Crippen LogP contribution in [0.4, 0.5) is 5.69 Å². The van der Waals surface area contributed by atoms with Gasteiger partial charge in [-0.15, -0.1) is 11.3 Å². The largest absolute Gasteiger partial charge is 0.495 e. The van der Waals surface area contributed by atoms with Crippen molar-refractivity contribution in [1.82, 2.24) is 10.2 Å². The first-order valence-electron chi connectivity index (χ1n) is 7.30. The van der Waals surface area contributed by atoms with Crippen LogP contribution in [0.5, 0.6) is 5.75 Å². The molecule has 2 N–H and O–H groups in total. The minimum atomic E-state index is -3.71. The number of rotatable bonds is 5. The quantitative estimate of drug-likeness (QED) is 0.675. The summed E-state index contributed by atoms with van der Waals surface area (Å²) < 4.78 is 33.0. The summed E-state index contributed by atoms with van der Waals surface area (Å²) in [7, 11) is -2.21. The van der Waals surface area contributed by atoms with E-state index in [-0.39, 0.29) is 4.21 Å². The lowest BCUT2D eigenvalue weighted by Crippen LogP contribution is -2.11. The van der Waals surface area contributed by atoms with Gasteiger partial charge in [0.25, 0.3) is 10.0 Å². The Bertz CT molecular complexity index is 1030. The average molecular weight is 398 g/mol. The van der Waals surface area contributed by atoms with E-state index in [0.29, 0.717) is 16.5 Å². The fraction of sp³-hybridized carbons (Fsp3) is 0.188. The van der Waals surface area contributed by atoms with Crippen LogP contribution in [0.2, 0.25) is 5.02 Å². The standard InChI is InChI=1S/C16H16ClN3O3S2/c1-9-10(2)18-19-16(9)14-6-7-15(24-14)25(21,22)20-11-4-5-13(23-3)12(17)8-11/h4-8,20H,1-3H3,(H,18,19). The molecule has 0 fully saturated rings. The van der Waals surface area contributed by atoms with Crippen molar-refractivity contribution in [3.63, 3.8) is 0 Å². The fourth-order valence-corrected chi connectivity index (χ4v) is 4.91. The van der Waals surface area contributed by atoms with E-state index < -0.39 is 10.0 Å². The van der Waals surface area contributed by atoms with Crippen LogP contribution in [0, 0.1) is 13.8 Å². The third-order valence-electron chi connectivity index (χ3n) is 3.74. The second kappa shape index (κ2) is 6.70. The maximum Gasteiger partial charge on any atom is 0.271 e. The van der Waals surface area contributed by atoms with Crippen molar-refractivity contribution in [2.75, 3.05) is 11.8 Å². The van der Waals surface area contributed by atoms with E-state index >= 15 is 0 Å². The highest BCUT2D eigenvalue weighted by Crippen LogP contribution is 2.34. The number of nitrogens with zero attached hydrogens (tertiary/aromatic N) is 1. The zero-order valence-corrected chi connectivity index (χ0v) is 16.1. The van der Waals surface area contributed by atoms with Crippen molar-refractivity contribution in [3.8, 4) is 16.3 Å². The van der Waals surface area contributed by atoms with Crippen molar-refractivity contribution in [2.45, 2.75) is 18.1 Å². The molecule has 0 saturated heterocycles. The summed E-state index contributed by atoms with van der Waals surface area (Å²) in [5.41, 5.74) is 3.09. The number of H-pyrrole nitrogens is 1. The first-order valence-corrected chi connectivity index (χ1v) is 9.97.